The molecule has 0 aliphatic heterocycles. The van der Waals surface area contributed by atoms with Crippen LogP contribution in [0.2, 0.25) is 0 Å². The zero-order valence-electron chi connectivity index (χ0n) is 15.7. The maximum atomic E-state index is 14.7. The van der Waals surface area contributed by atoms with Crippen molar-refractivity contribution in [1.82, 2.24) is 5.32 Å². The van der Waals surface area contributed by atoms with Crippen molar-refractivity contribution in [3.05, 3.63) is 63.5 Å². The zero-order valence-corrected chi connectivity index (χ0v) is 17.9. The molecule has 1 N–H and O–H groups in total. The summed E-state index contributed by atoms with van der Waals surface area (Å²) in [4.78, 5) is 24.8. The molecule has 0 spiro atoms. The first-order valence-corrected chi connectivity index (χ1v) is 9.62. The minimum absolute atomic E-state index is 0.0123. The third-order valence-corrected chi connectivity index (χ3v) is 4.31. The molecule has 2 aromatic carbocycles. The van der Waals surface area contributed by atoms with Crippen molar-refractivity contribution < 1.29 is 23.2 Å². The standard InChI is InChI=1S/C20H21F2IN2O3/c1-20(2,3)28-19(27)24-17(12-13-4-6-14(21)7-5-13)18(26)25(22)16-10-8-15(23)9-11-16/h4-11,17H,12H2,1-3H3,(H,24,27). The molecule has 5 nitrogen and oxygen atoms in total. The predicted molar refractivity (Wildman–Crippen MR) is 111 cm³/mol. The van der Waals surface area contributed by atoms with E-state index in [0.29, 0.717) is 5.56 Å². The fourth-order valence-corrected chi connectivity index (χ4v) is 2.70. The Bertz CT molecular complexity index is 821. The van der Waals surface area contributed by atoms with E-state index in [1.54, 1.807) is 32.9 Å². The molecular formula is C20H21F2IN2O3. The summed E-state index contributed by atoms with van der Waals surface area (Å²) in [6.07, 6.45) is -0.868. The lowest BCUT2D eigenvalue weighted by molar-refractivity contribution is -0.123. The number of hydrogen-bond acceptors (Lipinski definition) is 3. The Kier molecular flexibility index (Phi) is 7.34. The van der Waals surface area contributed by atoms with Crippen LogP contribution in [-0.2, 0) is 16.0 Å². The van der Waals surface area contributed by atoms with Crippen LogP contribution in [0.3, 0.4) is 0 Å². The van der Waals surface area contributed by atoms with Crippen molar-refractivity contribution >= 4 is 40.3 Å². The summed E-state index contributed by atoms with van der Waals surface area (Å²) in [5, 5.41) is 2.40. The Balaban J connectivity index is 2.22. The third-order valence-electron chi connectivity index (χ3n) is 3.59. The molecule has 0 aromatic heterocycles. The molecule has 0 heterocycles. The molecule has 1 atom stereocenters. The van der Waals surface area contributed by atoms with Gasteiger partial charge in [-0.1, -0.05) is 16.6 Å². The van der Waals surface area contributed by atoms with Gasteiger partial charge in [0.1, 0.15) is 17.5 Å². The summed E-state index contributed by atoms with van der Waals surface area (Å²) in [6.45, 7) is 5.03. The quantitative estimate of drug-likeness (QED) is 0.473. The van der Waals surface area contributed by atoms with Crippen LogP contribution in [0.15, 0.2) is 48.5 Å². The number of nitrogens with one attached hydrogen (secondary N) is 1. The first-order chi connectivity index (χ1) is 13.0. The van der Waals surface area contributed by atoms with Crippen molar-refractivity contribution in [2.24, 2.45) is 0 Å². The molecule has 1 unspecified atom stereocenters. The second kappa shape index (κ2) is 9.31. The van der Waals surface area contributed by atoms with Gasteiger partial charge in [-0.15, -0.1) is 5.12 Å². The maximum absolute atomic E-state index is 14.7. The van der Waals surface area contributed by atoms with Crippen LogP contribution in [0.5, 0.6) is 0 Å². The van der Waals surface area contributed by atoms with Gasteiger partial charge in [0.2, 0.25) is 0 Å². The van der Waals surface area contributed by atoms with E-state index in [2.05, 4.69) is 27.9 Å². The van der Waals surface area contributed by atoms with Gasteiger partial charge in [0.15, 0.2) is 0 Å². The number of nitrogens with zero attached hydrogens (tertiary/aromatic N) is 1. The molecule has 150 valence electrons. The van der Waals surface area contributed by atoms with E-state index < -0.39 is 29.5 Å². The number of benzene rings is 2. The van der Waals surface area contributed by atoms with Gasteiger partial charge in [-0.2, -0.15) is 0 Å². The highest BCUT2D eigenvalue weighted by molar-refractivity contribution is 14.1. The van der Waals surface area contributed by atoms with E-state index >= 15 is 0 Å². The highest BCUT2D eigenvalue weighted by Crippen LogP contribution is 2.19. The monoisotopic (exact) mass is 502 g/mol. The summed E-state index contributed by atoms with van der Waals surface area (Å²) in [5.74, 6) is -1.39. The number of halogens is 3. The largest absolute Gasteiger partial charge is 0.444 e. The van der Waals surface area contributed by atoms with Crippen LogP contribution < -0.4 is 10.4 Å². The molecule has 2 aromatic rings. The van der Waals surface area contributed by atoms with E-state index in [1.807, 2.05) is 0 Å². The maximum Gasteiger partial charge on any atom is 0.408 e. The summed E-state index contributed by atoms with van der Waals surface area (Å²) < 4.78 is 33.9. The molecule has 28 heavy (non-hydrogen) atoms. The Hall–Kier alpha value is -2.23. The van der Waals surface area contributed by atoms with Gasteiger partial charge in [-0.3, -0.25) is 4.79 Å². The number of anilines is 1. The lowest BCUT2D eigenvalue weighted by Gasteiger charge is -2.24. The number of carbonyl (C=O) groups is 2. The first kappa shape index (κ1) is 22.1. The molecule has 0 fully saturated rings. The van der Waals surface area contributed by atoms with Crippen molar-refractivity contribution in [3.63, 3.8) is 0 Å². The molecule has 2 amide bonds. The minimum atomic E-state index is -1.23. The fraction of sp³-hybridized carbons (Fsp3) is 0.300. The predicted octanol–water partition coefficient (Wildman–Crippen LogP) is 4.78. The minimum Gasteiger partial charge on any atom is -0.444 e. The molecule has 0 radical (unpaired) electrons. The average molecular weight is 502 g/mol. The second-order valence-electron chi connectivity index (χ2n) is 7.12. The van der Waals surface area contributed by atoms with Crippen molar-refractivity contribution in [2.75, 3.05) is 5.12 Å². The molecule has 0 saturated heterocycles. The van der Waals surface area contributed by atoms with Gasteiger partial charge in [-0.25, -0.2) is 9.18 Å². The van der Waals surface area contributed by atoms with E-state index in [9.17, 15) is 18.5 Å². The lowest BCUT2D eigenvalue weighted by atomic mass is 10.0. The van der Waals surface area contributed by atoms with Crippen LogP contribution in [0.25, 0.3) is 0 Å². The van der Waals surface area contributed by atoms with Crippen LogP contribution in [0, 0.1) is 9.39 Å². The summed E-state index contributed by atoms with van der Waals surface area (Å²) >= 11 is 2.07. The number of carbonyl (C=O) groups excluding carboxylic acids is 2. The Morgan fingerprint density at radius 3 is 2.21 bits per heavy atom. The summed E-state index contributed by atoms with van der Waals surface area (Å²) in [5.41, 5.74) is -0.175. The number of hydrogen-bond donors (Lipinski definition) is 1. The highest BCUT2D eigenvalue weighted by Gasteiger charge is 2.29. The second-order valence-corrected chi connectivity index (χ2v) is 8.37. The molecule has 0 aliphatic carbocycles. The first-order valence-electron chi connectivity index (χ1n) is 8.54. The average Bonchev–Trinajstić information content (AvgIpc) is 2.61. The highest BCUT2D eigenvalue weighted by atomic mass is 127. The number of amides is 2. The molecule has 0 saturated carbocycles. The van der Waals surface area contributed by atoms with Crippen molar-refractivity contribution in [2.45, 2.75) is 38.8 Å². The van der Waals surface area contributed by atoms with Gasteiger partial charge in [0, 0.05) is 9.99 Å². The Labute approximate surface area is 176 Å². The van der Waals surface area contributed by atoms with Crippen LogP contribution in [0.4, 0.5) is 19.4 Å². The van der Waals surface area contributed by atoms with E-state index in [-0.39, 0.29) is 17.2 Å². The topological polar surface area (TPSA) is 58.6 Å². The fourth-order valence-electron chi connectivity index (χ4n) is 2.34. The molecule has 0 bridgehead atoms. The third kappa shape index (κ3) is 6.74. The summed E-state index contributed by atoms with van der Waals surface area (Å²) in [6, 6.07) is 10.4. The van der Waals surface area contributed by atoms with Crippen LogP contribution in [0.1, 0.15) is 26.3 Å². The lowest BCUT2D eigenvalue weighted by Crippen LogP contribution is -2.49. The van der Waals surface area contributed by atoms with Crippen LogP contribution in [-0.4, -0.2) is 23.6 Å². The van der Waals surface area contributed by atoms with E-state index in [4.69, 9.17) is 4.74 Å². The molecule has 0 aliphatic rings. The van der Waals surface area contributed by atoms with E-state index in [0.717, 1.165) is 3.57 Å². The number of alkyl carbamates (subject to hydrolysis) is 1. The van der Waals surface area contributed by atoms with Gasteiger partial charge in [0.05, 0.1) is 5.69 Å². The molecule has 2 rings (SSSR count). The molecule has 8 heteroatoms. The Morgan fingerprint density at radius 2 is 1.68 bits per heavy atom. The van der Waals surface area contributed by atoms with Gasteiger partial charge in [-0.05, 0) is 85.3 Å². The van der Waals surface area contributed by atoms with Crippen molar-refractivity contribution in [3.8, 4) is 0 Å². The summed E-state index contributed by atoms with van der Waals surface area (Å²) in [7, 11) is 0. The normalized spacial score (nSPS) is 12.2. The SMILES string of the molecule is CC(C)(C)OC(=O)NC(Cc1ccc(F)cc1)C(=O)N(F)c1ccc(I)cc1. The molecular weight excluding hydrogens is 481 g/mol. The number of rotatable bonds is 5. The van der Waals surface area contributed by atoms with Gasteiger partial charge in [0.25, 0.3) is 5.91 Å². The zero-order chi connectivity index (χ0) is 20.9. The van der Waals surface area contributed by atoms with Gasteiger partial charge < -0.3 is 10.1 Å². The van der Waals surface area contributed by atoms with E-state index in [1.165, 1.54) is 36.4 Å². The van der Waals surface area contributed by atoms with Gasteiger partial charge >= 0.3 is 6.09 Å². The Morgan fingerprint density at radius 1 is 1.11 bits per heavy atom. The van der Waals surface area contributed by atoms with Crippen LogP contribution >= 0.6 is 22.6 Å². The smallest absolute Gasteiger partial charge is 0.408 e. The van der Waals surface area contributed by atoms with Crippen molar-refractivity contribution in [1.29, 1.82) is 0 Å². The number of ether oxygens (including phenoxy) is 1.